The van der Waals surface area contributed by atoms with Gasteiger partial charge in [0, 0.05) is 35.1 Å². The van der Waals surface area contributed by atoms with E-state index < -0.39 is 0 Å². The van der Waals surface area contributed by atoms with Crippen LogP contribution >= 0.6 is 0 Å². The second-order valence-electron chi connectivity index (χ2n) is 7.37. The number of fused-ring (bicyclic) bond motifs is 7. The van der Waals surface area contributed by atoms with E-state index in [0.29, 0.717) is 17.2 Å². The number of nitrogens with zero attached hydrogens (tertiary/aromatic N) is 1. The molecule has 0 aliphatic carbocycles. The van der Waals surface area contributed by atoms with Gasteiger partial charge in [0.1, 0.15) is 6.54 Å². The zero-order valence-electron chi connectivity index (χ0n) is 17.2. The highest BCUT2D eigenvalue weighted by Gasteiger charge is 2.24. The molecule has 0 unspecified atom stereocenters. The van der Waals surface area contributed by atoms with Gasteiger partial charge >= 0.3 is 0 Å². The zero-order chi connectivity index (χ0) is 20.1. The van der Waals surface area contributed by atoms with Crippen molar-refractivity contribution in [2.75, 3.05) is 28.4 Å². The first-order valence-electron chi connectivity index (χ1n) is 9.78. The van der Waals surface area contributed by atoms with Crippen LogP contribution < -0.4 is 23.5 Å². The highest BCUT2D eigenvalue weighted by atomic mass is 16.5. The van der Waals surface area contributed by atoms with Gasteiger partial charge in [0.15, 0.2) is 34.9 Å². The van der Waals surface area contributed by atoms with Crippen LogP contribution in [0.1, 0.15) is 12.1 Å². The highest BCUT2D eigenvalue weighted by molar-refractivity contribution is 6.27. The molecule has 4 aromatic rings. The van der Waals surface area contributed by atoms with Gasteiger partial charge < -0.3 is 18.9 Å². The van der Waals surface area contributed by atoms with E-state index in [9.17, 15) is 0 Å². The van der Waals surface area contributed by atoms with E-state index in [2.05, 4.69) is 29.0 Å². The van der Waals surface area contributed by atoms with Crippen LogP contribution in [0.4, 0.5) is 0 Å². The van der Waals surface area contributed by atoms with Gasteiger partial charge in [-0.2, -0.15) is 0 Å². The van der Waals surface area contributed by atoms with Crippen LogP contribution in [0.2, 0.25) is 0 Å². The van der Waals surface area contributed by atoms with E-state index in [1.54, 1.807) is 28.4 Å². The summed E-state index contributed by atoms with van der Waals surface area (Å²) in [5, 5.41) is 6.75. The summed E-state index contributed by atoms with van der Waals surface area (Å²) in [5.41, 5.74) is 1.37. The van der Waals surface area contributed by atoms with E-state index in [-0.39, 0.29) is 0 Å². The van der Waals surface area contributed by atoms with Gasteiger partial charge in [0.05, 0.1) is 33.8 Å². The van der Waals surface area contributed by atoms with Gasteiger partial charge in [0.2, 0.25) is 0 Å². The average molecular weight is 390 g/mol. The van der Waals surface area contributed by atoms with E-state index in [1.165, 1.54) is 22.9 Å². The maximum atomic E-state index is 5.83. The Hall–Kier alpha value is -3.21. The van der Waals surface area contributed by atoms with Crippen molar-refractivity contribution in [2.24, 2.45) is 0 Å². The number of rotatable bonds is 4. The second-order valence-corrected chi connectivity index (χ2v) is 7.37. The zero-order valence-corrected chi connectivity index (χ0v) is 17.2. The summed E-state index contributed by atoms with van der Waals surface area (Å²) < 4.78 is 25.0. The molecule has 0 saturated carbocycles. The molecule has 1 aliphatic rings. The molecule has 1 aromatic heterocycles. The van der Waals surface area contributed by atoms with Crippen molar-refractivity contribution in [2.45, 2.75) is 19.4 Å². The van der Waals surface area contributed by atoms with Gasteiger partial charge in [-0.1, -0.05) is 0 Å². The number of methoxy groups -OCH3 is 4. The minimum absolute atomic E-state index is 0.694. The van der Waals surface area contributed by atoms with Crippen molar-refractivity contribution in [3.05, 3.63) is 42.2 Å². The Labute approximate surface area is 169 Å². The Morgan fingerprint density at radius 3 is 2.07 bits per heavy atom. The molecule has 5 nitrogen and oxygen atoms in total. The molecule has 0 fully saturated rings. The quantitative estimate of drug-likeness (QED) is 0.382. The smallest absolute Gasteiger partial charge is 0.182 e. The maximum absolute atomic E-state index is 5.83. The summed E-state index contributed by atoms with van der Waals surface area (Å²) in [6.07, 6.45) is 4.57. The molecule has 5 heteroatoms. The van der Waals surface area contributed by atoms with Gasteiger partial charge in [-0.05, 0) is 35.0 Å². The Morgan fingerprint density at radius 1 is 0.690 bits per heavy atom. The van der Waals surface area contributed by atoms with Crippen molar-refractivity contribution < 1.29 is 23.5 Å². The Bertz CT molecular complexity index is 1260. The summed E-state index contributed by atoms with van der Waals surface area (Å²) in [6, 6.07) is 10.5. The minimum Gasteiger partial charge on any atom is -0.493 e. The molecule has 1 aliphatic heterocycles. The molecule has 0 bridgehead atoms. The minimum atomic E-state index is 0.694. The molecule has 0 atom stereocenters. The Balaban J connectivity index is 2.07. The third kappa shape index (κ3) is 2.50. The van der Waals surface area contributed by atoms with E-state index in [0.717, 1.165) is 40.3 Å². The molecule has 0 saturated heterocycles. The number of aryl methyl sites for hydroxylation is 2. The molecular formula is C24H24NO4+. The van der Waals surface area contributed by atoms with Gasteiger partial charge in [-0.3, -0.25) is 0 Å². The predicted octanol–water partition coefficient (Wildman–Crippen LogP) is 4.41. The van der Waals surface area contributed by atoms with Gasteiger partial charge in [0.25, 0.3) is 0 Å². The van der Waals surface area contributed by atoms with E-state index in [4.69, 9.17) is 18.9 Å². The molecular weight excluding hydrogens is 366 g/mol. The lowest BCUT2D eigenvalue weighted by Crippen LogP contribution is -2.32. The van der Waals surface area contributed by atoms with Crippen LogP contribution in [0.25, 0.3) is 32.3 Å². The lowest BCUT2D eigenvalue weighted by Gasteiger charge is -2.17. The number of benzene rings is 3. The maximum Gasteiger partial charge on any atom is 0.182 e. The number of ether oxygens (including phenoxy) is 4. The first kappa shape index (κ1) is 17.9. The first-order chi connectivity index (χ1) is 14.2. The molecule has 5 rings (SSSR count). The van der Waals surface area contributed by atoms with Crippen LogP contribution in [0, 0.1) is 0 Å². The van der Waals surface area contributed by atoms with Gasteiger partial charge in [-0.25, -0.2) is 4.57 Å². The summed E-state index contributed by atoms with van der Waals surface area (Å²) >= 11 is 0. The van der Waals surface area contributed by atoms with Crippen LogP contribution in [0.15, 0.2) is 36.5 Å². The Morgan fingerprint density at radius 2 is 1.38 bits per heavy atom. The highest BCUT2D eigenvalue weighted by Crippen LogP contribution is 2.46. The van der Waals surface area contributed by atoms with Crippen molar-refractivity contribution in [3.63, 3.8) is 0 Å². The SMILES string of the molecule is COc1cc2c3c[n+]4c(cc3c3ccc(OC)c(OC)c3c2cc1OC)CCC4. The molecule has 0 N–H and O–H groups in total. The second kappa shape index (κ2) is 6.69. The third-order valence-corrected chi connectivity index (χ3v) is 6.01. The molecule has 0 spiro atoms. The largest absolute Gasteiger partial charge is 0.493 e. The fraction of sp³-hybridized carbons (Fsp3) is 0.292. The number of hydrogen-bond donors (Lipinski definition) is 0. The number of pyridine rings is 1. The van der Waals surface area contributed by atoms with Crippen molar-refractivity contribution >= 4 is 32.3 Å². The number of hydrogen-bond acceptors (Lipinski definition) is 4. The van der Waals surface area contributed by atoms with Crippen molar-refractivity contribution in [1.82, 2.24) is 0 Å². The van der Waals surface area contributed by atoms with Crippen LogP contribution in [0.3, 0.4) is 0 Å². The first-order valence-corrected chi connectivity index (χ1v) is 9.78. The summed E-state index contributed by atoms with van der Waals surface area (Å²) in [5.74, 6) is 2.86. The van der Waals surface area contributed by atoms with Gasteiger partial charge in [-0.15, -0.1) is 0 Å². The molecule has 0 amide bonds. The molecule has 0 radical (unpaired) electrons. The summed E-state index contributed by atoms with van der Waals surface area (Å²) in [4.78, 5) is 0. The molecule has 3 aromatic carbocycles. The van der Waals surface area contributed by atoms with Crippen molar-refractivity contribution in [3.8, 4) is 23.0 Å². The van der Waals surface area contributed by atoms with E-state index >= 15 is 0 Å². The lowest BCUT2D eigenvalue weighted by atomic mass is 9.93. The molecule has 148 valence electrons. The van der Waals surface area contributed by atoms with Crippen molar-refractivity contribution in [1.29, 1.82) is 0 Å². The topological polar surface area (TPSA) is 40.8 Å². The Kier molecular flexibility index (Phi) is 4.12. The van der Waals surface area contributed by atoms with Crippen LogP contribution in [-0.2, 0) is 13.0 Å². The van der Waals surface area contributed by atoms with Crippen LogP contribution in [0.5, 0.6) is 23.0 Å². The monoisotopic (exact) mass is 390 g/mol. The van der Waals surface area contributed by atoms with E-state index in [1.807, 2.05) is 12.1 Å². The fourth-order valence-corrected chi connectivity index (χ4v) is 4.65. The lowest BCUT2D eigenvalue weighted by molar-refractivity contribution is -0.689. The summed E-state index contributed by atoms with van der Waals surface area (Å²) in [6.45, 7) is 1.06. The average Bonchev–Trinajstić information content (AvgIpc) is 3.23. The standard InChI is InChI=1S/C24H24NO4/c1-26-20-8-7-15-16-10-14-6-5-9-25(14)13-19(16)17-11-21(27-2)22(28-3)12-18(17)23(15)24(20)29-4/h7-8,10-13H,5-6,9H2,1-4H3/q+1. The number of aromatic nitrogens is 1. The molecule has 29 heavy (non-hydrogen) atoms. The normalized spacial score (nSPS) is 13.1. The third-order valence-electron chi connectivity index (χ3n) is 6.01. The predicted molar refractivity (Wildman–Crippen MR) is 114 cm³/mol. The fourth-order valence-electron chi connectivity index (χ4n) is 4.65. The summed E-state index contributed by atoms with van der Waals surface area (Å²) in [7, 11) is 6.68. The molecule has 2 heterocycles. The van der Waals surface area contributed by atoms with Crippen LogP contribution in [-0.4, -0.2) is 28.4 Å².